The van der Waals surface area contributed by atoms with Crippen molar-refractivity contribution in [3.63, 3.8) is 0 Å². The predicted molar refractivity (Wildman–Crippen MR) is 98.3 cm³/mol. The Morgan fingerprint density at radius 1 is 1.05 bits per heavy atom. The zero-order valence-corrected chi connectivity index (χ0v) is 16.2. The molecule has 2 aromatic rings. The van der Waals surface area contributed by atoms with Crippen LogP contribution in [0.1, 0.15) is 35.2 Å². The Balaban J connectivity index is 2.59. The highest BCUT2D eigenvalue weighted by Gasteiger charge is 2.19. The lowest BCUT2D eigenvalue weighted by Gasteiger charge is -2.23. The monoisotopic (exact) mass is 429 g/mol. The molecule has 1 nitrogen and oxygen atoms in total. The molecule has 0 saturated heterocycles. The van der Waals surface area contributed by atoms with E-state index in [4.69, 9.17) is 11.6 Å². The highest BCUT2D eigenvalue weighted by atomic mass is 79.9. The summed E-state index contributed by atoms with van der Waals surface area (Å²) >= 11 is 13.6. The Hall–Kier alpha value is -0.350. The second-order valence-corrected chi connectivity index (χ2v) is 7.18. The van der Waals surface area contributed by atoms with Crippen molar-refractivity contribution in [2.45, 2.75) is 26.8 Å². The van der Waals surface area contributed by atoms with Gasteiger partial charge >= 0.3 is 0 Å². The van der Waals surface area contributed by atoms with E-state index in [2.05, 4.69) is 76.1 Å². The molecular weight excluding hydrogens is 413 g/mol. The standard InChI is InChI=1S/C17H18Br2ClN/c1-4-21-17(12-6-5-7-14(18)16(12)20)13-8-11(3)15(19)9-10(13)2/h5-9,17,21H,4H2,1-3H3. The van der Waals surface area contributed by atoms with Gasteiger partial charge in [-0.3, -0.25) is 0 Å². The Labute approximate surface area is 148 Å². The highest BCUT2D eigenvalue weighted by molar-refractivity contribution is 9.10. The predicted octanol–water partition coefficient (Wildman–Crippen LogP) is 6.18. The van der Waals surface area contributed by atoms with E-state index in [0.717, 1.165) is 26.1 Å². The van der Waals surface area contributed by atoms with Gasteiger partial charge < -0.3 is 5.32 Å². The van der Waals surface area contributed by atoms with Crippen molar-refractivity contribution in [3.8, 4) is 0 Å². The number of halogens is 3. The lowest BCUT2D eigenvalue weighted by atomic mass is 9.93. The normalized spacial score (nSPS) is 12.5. The zero-order chi connectivity index (χ0) is 15.6. The molecule has 2 aromatic carbocycles. The third-order valence-corrected chi connectivity index (χ3v) is 5.72. The van der Waals surface area contributed by atoms with Crippen molar-refractivity contribution < 1.29 is 0 Å². The van der Waals surface area contributed by atoms with Gasteiger partial charge in [-0.2, -0.15) is 0 Å². The fraction of sp³-hybridized carbons (Fsp3) is 0.294. The van der Waals surface area contributed by atoms with E-state index < -0.39 is 0 Å². The maximum absolute atomic E-state index is 6.50. The van der Waals surface area contributed by atoms with Crippen molar-refractivity contribution in [1.29, 1.82) is 0 Å². The number of rotatable bonds is 4. The Morgan fingerprint density at radius 2 is 1.76 bits per heavy atom. The van der Waals surface area contributed by atoms with E-state index in [-0.39, 0.29) is 6.04 Å². The highest BCUT2D eigenvalue weighted by Crippen LogP contribution is 2.35. The van der Waals surface area contributed by atoms with Crippen molar-refractivity contribution in [2.24, 2.45) is 0 Å². The van der Waals surface area contributed by atoms with Gasteiger partial charge in [-0.05, 0) is 70.7 Å². The number of hydrogen-bond donors (Lipinski definition) is 1. The number of hydrogen-bond acceptors (Lipinski definition) is 1. The van der Waals surface area contributed by atoms with Gasteiger partial charge in [-0.1, -0.05) is 52.7 Å². The second-order valence-electron chi connectivity index (χ2n) is 5.09. The van der Waals surface area contributed by atoms with Gasteiger partial charge in [0.05, 0.1) is 11.1 Å². The minimum absolute atomic E-state index is 0.0896. The first-order valence-corrected chi connectivity index (χ1v) is 8.86. The van der Waals surface area contributed by atoms with Crippen molar-refractivity contribution in [2.75, 3.05) is 6.54 Å². The lowest BCUT2D eigenvalue weighted by Crippen LogP contribution is -2.23. The third-order valence-electron chi connectivity index (χ3n) is 3.56. The van der Waals surface area contributed by atoms with Crippen LogP contribution in [0, 0.1) is 13.8 Å². The molecule has 0 spiro atoms. The van der Waals surface area contributed by atoms with Crippen LogP contribution in [0.5, 0.6) is 0 Å². The van der Waals surface area contributed by atoms with Crippen LogP contribution in [-0.4, -0.2) is 6.54 Å². The fourth-order valence-corrected chi connectivity index (χ4v) is 3.52. The molecule has 112 valence electrons. The minimum Gasteiger partial charge on any atom is -0.306 e. The van der Waals surface area contributed by atoms with Crippen LogP contribution in [0.25, 0.3) is 0 Å². The van der Waals surface area contributed by atoms with Crippen molar-refractivity contribution in [1.82, 2.24) is 5.32 Å². The van der Waals surface area contributed by atoms with Gasteiger partial charge in [0.2, 0.25) is 0 Å². The van der Waals surface area contributed by atoms with E-state index in [9.17, 15) is 0 Å². The molecule has 1 atom stereocenters. The molecule has 1 unspecified atom stereocenters. The van der Waals surface area contributed by atoms with Crippen LogP contribution < -0.4 is 5.32 Å². The average molecular weight is 432 g/mol. The molecular formula is C17H18Br2ClN. The SMILES string of the molecule is CCNC(c1cc(C)c(Br)cc1C)c1cccc(Br)c1Cl. The summed E-state index contributed by atoms with van der Waals surface area (Å²) in [7, 11) is 0. The summed E-state index contributed by atoms with van der Waals surface area (Å²) in [5, 5.41) is 4.32. The van der Waals surface area contributed by atoms with Crippen LogP contribution in [0.3, 0.4) is 0 Å². The van der Waals surface area contributed by atoms with E-state index in [1.54, 1.807) is 0 Å². The molecule has 0 aliphatic carbocycles. The number of nitrogens with one attached hydrogen (secondary N) is 1. The first-order valence-electron chi connectivity index (χ1n) is 6.89. The van der Waals surface area contributed by atoms with Crippen molar-refractivity contribution in [3.05, 3.63) is 66.6 Å². The summed E-state index contributed by atoms with van der Waals surface area (Å²) in [5.74, 6) is 0. The summed E-state index contributed by atoms with van der Waals surface area (Å²) in [5.41, 5.74) is 4.83. The molecule has 4 heteroatoms. The average Bonchev–Trinajstić information content (AvgIpc) is 2.44. The topological polar surface area (TPSA) is 12.0 Å². The minimum atomic E-state index is 0.0896. The molecule has 0 aromatic heterocycles. The first-order chi connectivity index (χ1) is 9.95. The van der Waals surface area contributed by atoms with E-state index >= 15 is 0 Å². The maximum atomic E-state index is 6.50. The van der Waals surface area contributed by atoms with E-state index in [1.165, 1.54) is 16.7 Å². The molecule has 0 aliphatic rings. The third kappa shape index (κ3) is 3.70. The van der Waals surface area contributed by atoms with Crippen LogP contribution in [0.4, 0.5) is 0 Å². The lowest BCUT2D eigenvalue weighted by molar-refractivity contribution is 0.627. The number of benzene rings is 2. The number of aryl methyl sites for hydroxylation is 2. The zero-order valence-electron chi connectivity index (χ0n) is 12.3. The molecule has 21 heavy (non-hydrogen) atoms. The quantitative estimate of drug-likeness (QED) is 0.609. The molecule has 2 rings (SSSR count). The largest absolute Gasteiger partial charge is 0.306 e. The Kier molecular flexibility index (Phi) is 5.89. The van der Waals surface area contributed by atoms with Gasteiger partial charge in [0, 0.05) is 8.95 Å². The van der Waals surface area contributed by atoms with Gasteiger partial charge in [0.15, 0.2) is 0 Å². The molecule has 0 bridgehead atoms. The Morgan fingerprint density at radius 3 is 2.43 bits per heavy atom. The smallest absolute Gasteiger partial charge is 0.0599 e. The van der Waals surface area contributed by atoms with Gasteiger partial charge in [-0.15, -0.1) is 0 Å². The van der Waals surface area contributed by atoms with Gasteiger partial charge in [0.1, 0.15) is 0 Å². The van der Waals surface area contributed by atoms with E-state index in [0.29, 0.717) is 0 Å². The molecule has 0 saturated carbocycles. The Bertz CT molecular complexity index is 655. The molecule has 0 radical (unpaired) electrons. The molecule has 0 aliphatic heterocycles. The molecule has 0 heterocycles. The van der Waals surface area contributed by atoms with Gasteiger partial charge in [0.25, 0.3) is 0 Å². The van der Waals surface area contributed by atoms with Crippen LogP contribution in [0.15, 0.2) is 39.3 Å². The molecule has 0 fully saturated rings. The van der Waals surface area contributed by atoms with Crippen LogP contribution >= 0.6 is 43.5 Å². The fourth-order valence-electron chi connectivity index (χ4n) is 2.45. The summed E-state index contributed by atoms with van der Waals surface area (Å²) in [6.45, 7) is 7.23. The maximum Gasteiger partial charge on any atom is 0.0599 e. The molecule has 1 N–H and O–H groups in total. The van der Waals surface area contributed by atoms with Crippen molar-refractivity contribution >= 4 is 43.5 Å². The summed E-state index contributed by atoms with van der Waals surface area (Å²) < 4.78 is 2.07. The summed E-state index contributed by atoms with van der Waals surface area (Å²) in [6, 6.07) is 10.6. The van der Waals surface area contributed by atoms with Crippen LogP contribution in [-0.2, 0) is 0 Å². The molecule has 0 amide bonds. The van der Waals surface area contributed by atoms with Gasteiger partial charge in [-0.25, -0.2) is 0 Å². The summed E-state index contributed by atoms with van der Waals surface area (Å²) in [4.78, 5) is 0. The van der Waals surface area contributed by atoms with Crippen LogP contribution in [0.2, 0.25) is 5.02 Å². The first kappa shape index (κ1) is 17.0. The summed E-state index contributed by atoms with van der Waals surface area (Å²) in [6.07, 6.45) is 0. The van der Waals surface area contributed by atoms with E-state index in [1.807, 2.05) is 12.1 Å². The second kappa shape index (κ2) is 7.28.